The molecular formula is C14H15FN4O4. The van der Waals surface area contributed by atoms with Crippen molar-refractivity contribution in [3.8, 4) is 5.75 Å². The molecule has 122 valence electrons. The minimum Gasteiger partial charge on any atom is -0.491 e. The second-order valence-corrected chi connectivity index (χ2v) is 4.84. The molecular weight excluding hydrogens is 307 g/mol. The van der Waals surface area contributed by atoms with Crippen LogP contribution < -0.4 is 10.1 Å². The SMILES string of the molecule is CC(COc1cccc(F)c1)NC(=O)Cn1cc(C(=O)O)nn1. The Balaban J connectivity index is 1.78. The summed E-state index contributed by atoms with van der Waals surface area (Å²) in [5.74, 6) is -1.62. The number of nitrogens with one attached hydrogen (secondary N) is 1. The zero-order valence-electron chi connectivity index (χ0n) is 12.3. The summed E-state index contributed by atoms with van der Waals surface area (Å²) in [6.45, 7) is 1.72. The molecule has 0 saturated carbocycles. The molecule has 2 aromatic rings. The summed E-state index contributed by atoms with van der Waals surface area (Å²) in [5, 5.41) is 18.3. The van der Waals surface area contributed by atoms with Crippen molar-refractivity contribution in [2.75, 3.05) is 6.61 Å². The number of hydrogen-bond acceptors (Lipinski definition) is 5. The Morgan fingerprint density at radius 1 is 1.48 bits per heavy atom. The normalized spacial score (nSPS) is 11.7. The van der Waals surface area contributed by atoms with E-state index in [0.717, 1.165) is 10.9 Å². The summed E-state index contributed by atoms with van der Waals surface area (Å²) in [6, 6.07) is 5.37. The van der Waals surface area contributed by atoms with Gasteiger partial charge in [-0.2, -0.15) is 0 Å². The van der Waals surface area contributed by atoms with Crippen LogP contribution in [0.15, 0.2) is 30.5 Å². The molecule has 0 fully saturated rings. The molecule has 0 aliphatic heterocycles. The fourth-order valence-electron chi connectivity index (χ4n) is 1.76. The molecule has 0 bridgehead atoms. The molecule has 0 spiro atoms. The number of hydrogen-bond donors (Lipinski definition) is 2. The summed E-state index contributed by atoms with van der Waals surface area (Å²) in [5.41, 5.74) is -0.236. The number of carboxylic acid groups (broad SMARTS) is 1. The van der Waals surface area contributed by atoms with Gasteiger partial charge in [0.2, 0.25) is 5.91 Å². The van der Waals surface area contributed by atoms with E-state index < -0.39 is 11.8 Å². The van der Waals surface area contributed by atoms with Crippen LogP contribution >= 0.6 is 0 Å². The highest BCUT2D eigenvalue weighted by molar-refractivity contribution is 5.84. The van der Waals surface area contributed by atoms with E-state index >= 15 is 0 Å². The number of aromatic carboxylic acids is 1. The van der Waals surface area contributed by atoms with Gasteiger partial charge in [-0.1, -0.05) is 11.3 Å². The first-order valence-electron chi connectivity index (χ1n) is 6.75. The zero-order chi connectivity index (χ0) is 16.8. The number of halogens is 1. The van der Waals surface area contributed by atoms with Crippen molar-refractivity contribution in [3.63, 3.8) is 0 Å². The summed E-state index contributed by atoms with van der Waals surface area (Å²) >= 11 is 0. The van der Waals surface area contributed by atoms with E-state index in [1.54, 1.807) is 13.0 Å². The Morgan fingerprint density at radius 3 is 2.91 bits per heavy atom. The van der Waals surface area contributed by atoms with Crippen LogP contribution in [0.25, 0.3) is 0 Å². The number of carbonyl (C=O) groups is 2. The molecule has 1 unspecified atom stereocenters. The highest BCUT2D eigenvalue weighted by atomic mass is 19.1. The van der Waals surface area contributed by atoms with Crippen molar-refractivity contribution in [3.05, 3.63) is 42.0 Å². The van der Waals surface area contributed by atoms with Crippen molar-refractivity contribution < 1.29 is 23.8 Å². The Kier molecular flexibility index (Phi) is 5.23. The molecule has 1 amide bonds. The number of rotatable bonds is 7. The maximum Gasteiger partial charge on any atom is 0.358 e. The highest BCUT2D eigenvalue weighted by Crippen LogP contribution is 2.11. The molecule has 0 saturated heterocycles. The van der Waals surface area contributed by atoms with Crippen molar-refractivity contribution in [2.45, 2.75) is 19.5 Å². The molecule has 0 aliphatic rings. The van der Waals surface area contributed by atoms with Crippen LogP contribution in [0.5, 0.6) is 5.75 Å². The van der Waals surface area contributed by atoms with Crippen molar-refractivity contribution in [1.82, 2.24) is 20.3 Å². The first-order valence-corrected chi connectivity index (χ1v) is 6.75. The number of benzene rings is 1. The molecule has 1 atom stereocenters. The first-order chi connectivity index (χ1) is 10.9. The van der Waals surface area contributed by atoms with Gasteiger partial charge in [-0.3, -0.25) is 4.79 Å². The monoisotopic (exact) mass is 322 g/mol. The second-order valence-electron chi connectivity index (χ2n) is 4.84. The lowest BCUT2D eigenvalue weighted by atomic mass is 10.3. The van der Waals surface area contributed by atoms with E-state index in [2.05, 4.69) is 15.6 Å². The average Bonchev–Trinajstić information content (AvgIpc) is 2.94. The van der Waals surface area contributed by atoms with E-state index in [1.807, 2.05) is 0 Å². The maximum atomic E-state index is 13.0. The highest BCUT2D eigenvalue weighted by Gasteiger charge is 2.12. The van der Waals surface area contributed by atoms with Gasteiger partial charge in [0.25, 0.3) is 0 Å². The molecule has 1 aromatic heterocycles. The van der Waals surface area contributed by atoms with Crippen molar-refractivity contribution >= 4 is 11.9 Å². The quantitative estimate of drug-likeness (QED) is 0.777. The van der Waals surface area contributed by atoms with Gasteiger partial charge in [-0.05, 0) is 19.1 Å². The number of nitrogens with zero attached hydrogens (tertiary/aromatic N) is 3. The molecule has 8 nitrogen and oxygen atoms in total. The minimum atomic E-state index is -1.21. The van der Waals surface area contributed by atoms with Gasteiger partial charge >= 0.3 is 5.97 Å². The Hall–Kier alpha value is -2.97. The Bertz CT molecular complexity index is 704. The molecule has 23 heavy (non-hydrogen) atoms. The fraction of sp³-hybridized carbons (Fsp3) is 0.286. The predicted molar refractivity (Wildman–Crippen MR) is 76.5 cm³/mol. The van der Waals surface area contributed by atoms with Gasteiger partial charge in [0.15, 0.2) is 5.69 Å². The van der Waals surface area contributed by atoms with Crippen LogP contribution in [-0.4, -0.2) is 44.6 Å². The summed E-state index contributed by atoms with van der Waals surface area (Å²) in [4.78, 5) is 22.5. The van der Waals surface area contributed by atoms with Crippen molar-refractivity contribution in [2.24, 2.45) is 0 Å². The van der Waals surface area contributed by atoms with Gasteiger partial charge in [0.1, 0.15) is 24.7 Å². The number of carboxylic acids is 1. The maximum absolute atomic E-state index is 13.0. The van der Waals surface area contributed by atoms with Gasteiger partial charge in [0.05, 0.1) is 12.2 Å². The lowest BCUT2D eigenvalue weighted by molar-refractivity contribution is -0.122. The minimum absolute atomic E-state index is 0.160. The fourth-order valence-corrected chi connectivity index (χ4v) is 1.76. The standard InChI is InChI=1S/C14H15FN4O4/c1-9(8-23-11-4-2-3-10(15)5-11)16-13(20)7-19-6-12(14(21)22)17-18-19/h2-6,9H,7-8H2,1H3,(H,16,20)(H,21,22). The van der Waals surface area contributed by atoms with Crippen LogP contribution in [0, 0.1) is 5.82 Å². The van der Waals surface area contributed by atoms with Crippen LogP contribution in [0.2, 0.25) is 0 Å². The van der Waals surface area contributed by atoms with Crippen LogP contribution in [0.1, 0.15) is 17.4 Å². The topological polar surface area (TPSA) is 106 Å². The third kappa shape index (κ3) is 5.06. The smallest absolute Gasteiger partial charge is 0.358 e. The van der Waals surface area contributed by atoms with Crippen molar-refractivity contribution in [1.29, 1.82) is 0 Å². The summed E-state index contributed by atoms with van der Waals surface area (Å²) < 4.78 is 19.5. The molecule has 1 aromatic carbocycles. The van der Waals surface area contributed by atoms with E-state index in [0.29, 0.717) is 5.75 Å². The largest absolute Gasteiger partial charge is 0.491 e. The van der Waals surface area contributed by atoms with Crippen LogP contribution in [-0.2, 0) is 11.3 Å². The Morgan fingerprint density at radius 2 is 2.26 bits per heavy atom. The first kappa shape index (κ1) is 16.4. The summed E-state index contributed by atoms with van der Waals surface area (Å²) in [7, 11) is 0. The van der Waals surface area contributed by atoms with Gasteiger partial charge in [-0.25, -0.2) is 13.9 Å². The third-order valence-electron chi connectivity index (χ3n) is 2.77. The molecule has 2 rings (SSSR count). The average molecular weight is 322 g/mol. The van der Waals surface area contributed by atoms with Gasteiger partial charge in [0, 0.05) is 6.07 Å². The molecule has 0 radical (unpaired) electrons. The number of amides is 1. The number of aromatic nitrogens is 3. The van der Waals surface area contributed by atoms with Crippen LogP contribution in [0.4, 0.5) is 4.39 Å². The predicted octanol–water partition coefficient (Wildman–Crippen LogP) is 0.699. The Labute approximate surface area is 130 Å². The second kappa shape index (κ2) is 7.34. The molecule has 0 aliphatic carbocycles. The molecule has 2 N–H and O–H groups in total. The van der Waals surface area contributed by atoms with E-state index in [1.165, 1.54) is 18.2 Å². The van der Waals surface area contributed by atoms with Gasteiger partial charge < -0.3 is 15.2 Å². The molecule has 1 heterocycles. The lowest BCUT2D eigenvalue weighted by Crippen LogP contribution is -2.38. The third-order valence-corrected chi connectivity index (χ3v) is 2.77. The van der Waals surface area contributed by atoms with E-state index in [9.17, 15) is 14.0 Å². The lowest BCUT2D eigenvalue weighted by Gasteiger charge is -2.15. The van der Waals surface area contributed by atoms with E-state index in [-0.39, 0.29) is 30.8 Å². The summed E-state index contributed by atoms with van der Waals surface area (Å²) in [6.07, 6.45) is 1.16. The van der Waals surface area contributed by atoms with E-state index in [4.69, 9.17) is 9.84 Å². The van der Waals surface area contributed by atoms with Crippen LogP contribution in [0.3, 0.4) is 0 Å². The zero-order valence-corrected chi connectivity index (χ0v) is 12.3. The number of carbonyl (C=O) groups excluding carboxylic acids is 1. The molecule has 9 heteroatoms. The number of ether oxygens (including phenoxy) is 1. The van der Waals surface area contributed by atoms with Gasteiger partial charge in [-0.15, -0.1) is 5.10 Å².